The molecule has 0 aliphatic rings. The molecule has 1 rings (SSSR count). The molecular formula is C12H16FNO3. The number of nitrogens with zero attached hydrogens (tertiary/aromatic N) is 1. The van der Waals surface area contributed by atoms with Crippen LogP contribution >= 0.6 is 0 Å². The summed E-state index contributed by atoms with van der Waals surface area (Å²) < 4.78 is 13.0. The molecule has 0 radical (unpaired) electrons. The Balaban J connectivity index is 2.64. The fraction of sp³-hybridized carbons (Fsp3) is 0.417. The van der Waals surface area contributed by atoms with Crippen molar-refractivity contribution < 1.29 is 19.4 Å². The van der Waals surface area contributed by atoms with E-state index in [9.17, 15) is 14.3 Å². The van der Waals surface area contributed by atoms with Gasteiger partial charge < -0.3 is 15.1 Å². The maximum atomic E-state index is 13.0. The fourth-order valence-electron chi connectivity index (χ4n) is 1.58. The third-order valence-corrected chi connectivity index (χ3v) is 2.49. The molecule has 2 N–H and O–H groups in total. The number of hydrogen-bond acceptors (Lipinski definition) is 3. The second-order valence-corrected chi connectivity index (χ2v) is 4.21. The first-order chi connectivity index (χ1) is 7.90. The molecular weight excluding hydrogens is 225 g/mol. The van der Waals surface area contributed by atoms with E-state index < -0.39 is 17.7 Å². The quantitative estimate of drug-likeness (QED) is 0.823. The smallest absolute Gasteiger partial charge is 0.307 e. The van der Waals surface area contributed by atoms with Crippen LogP contribution < -0.4 is 0 Å². The first-order valence-corrected chi connectivity index (χ1v) is 5.29. The highest BCUT2D eigenvalue weighted by Gasteiger charge is 2.14. The molecule has 0 spiro atoms. The number of aromatic hydroxyl groups is 1. The molecule has 17 heavy (non-hydrogen) atoms. The van der Waals surface area contributed by atoms with Crippen molar-refractivity contribution in [1.29, 1.82) is 0 Å². The number of rotatable bonds is 5. The van der Waals surface area contributed by atoms with Crippen LogP contribution in [0.3, 0.4) is 0 Å². The van der Waals surface area contributed by atoms with Crippen molar-refractivity contribution >= 4 is 5.97 Å². The summed E-state index contributed by atoms with van der Waals surface area (Å²) in [4.78, 5) is 12.4. The number of carboxylic acid groups (broad SMARTS) is 1. The van der Waals surface area contributed by atoms with E-state index in [4.69, 9.17) is 5.11 Å². The SMILES string of the molecule is CC(CN(C)Cc1cc(F)ccc1O)C(=O)O. The molecule has 0 aliphatic carbocycles. The van der Waals surface area contributed by atoms with E-state index in [1.807, 2.05) is 0 Å². The van der Waals surface area contributed by atoms with Gasteiger partial charge in [-0.25, -0.2) is 4.39 Å². The number of benzene rings is 1. The minimum atomic E-state index is -0.875. The minimum Gasteiger partial charge on any atom is -0.508 e. The highest BCUT2D eigenvalue weighted by molar-refractivity contribution is 5.69. The van der Waals surface area contributed by atoms with E-state index in [1.54, 1.807) is 18.9 Å². The first-order valence-electron chi connectivity index (χ1n) is 5.29. The van der Waals surface area contributed by atoms with Crippen LogP contribution in [-0.4, -0.2) is 34.7 Å². The normalized spacial score (nSPS) is 12.7. The molecule has 0 bridgehead atoms. The van der Waals surface area contributed by atoms with Crippen LogP contribution in [0.4, 0.5) is 4.39 Å². The molecule has 0 aliphatic heterocycles. The lowest BCUT2D eigenvalue weighted by molar-refractivity contribution is -0.141. The average Bonchev–Trinajstić information content (AvgIpc) is 2.23. The van der Waals surface area contributed by atoms with E-state index in [-0.39, 0.29) is 5.75 Å². The van der Waals surface area contributed by atoms with Crippen LogP contribution in [0.1, 0.15) is 12.5 Å². The summed E-state index contributed by atoms with van der Waals surface area (Å²) in [7, 11) is 1.73. The topological polar surface area (TPSA) is 60.8 Å². The van der Waals surface area contributed by atoms with Crippen molar-refractivity contribution in [2.24, 2.45) is 5.92 Å². The van der Waals surface area contributed by atoms with Crippen LogP contribution in [-0.2, 0) is 11.3 Å². The lowest BCUT2D eigenvalue weighted by Gasteiger charge is -2.19. The molecule has 4 nitrogen and oxygen atoms in total. The molecule has 94 valence electrons. The predicted octanol–water partition coefficient (Wildman–Crippen LogP) is 1.68. The minimum absolute atomic E-state index is 0.0150. The lowest BCUT2D eigenvalue weighted by Crippen LogP contribution is -2.28. The Bertz CT molecular complexity index is 409. The highest BCUT2D eigenvalue weighted by Crippen LogP contribution is 2.19. The molecule has 0 heterocycles. The van der Waals surface area contributed by atoms with Gasteiger partial charge >= 0.3 is 5.97 Å². The average molecular weight is 241 g/mol. The van der Waals surface area contributed by atoms with Gasteiger partial charge in [-0.2, -0.15) is 0 Å². The van der Waals surface area contributed by atoms with Crippen molar-refractivity contribution in [2.75, 3.05) is 13.6 Å². The number of halogens is 1. The summed E-state index contributed by atoms with van der Waals surface area (Å²) in [6.45, 7) is 2.25. The number of carboxylic acids is 1. The van der Waals surface area contributed by atoms with Gasteiger partial charge in [-0.15, -0.1) is 0 Å². The standard InChI is InChI=1S/C12H16FNO3/c1-8(12(16)17)6-14(2)7-9-5-10(13)3-4-11(9)15/h3-5,8,15H,6-7H2,1-2H3,(H,16,17). The molecule has 1 atom stereocenters. The number of hydrogen-bond donors (Lipinski definition) is 2. The summed E-state index contributed by atoms with van der Waals surface area (Å²) in [5, 5.41) is 18.3. The molecule has 1 unspecified atom stereocenters. The molecule has 0 aromatic heterocycles. The molecule has 1 aromatic carbocycles. The highest BCUT2D eigenvalue weighted by atomic mass is 19.1. The monoisotopic (exact) mass is 241 g/mol. The van der Waals surface area contributed by atoms with Gasteiger partial charge in [0, 0.05) is 18.7 Å². The lowest BCUT2D eigenvalue weighted by atomic mass is 10.1. The van der Waals surface area contributed by atoms with Gasteiger partial charge in [-0.3, -0.25) is 4.79 Å². The summed E-state index contributed by atoms with van der Waals surface area (Å²) in [5.41, 5.74) is 0.449. The molecule has 0 amide bonds. The maximum absolute atomic E-state index is 13.0. The van der Waals surface area contributed by atoms with Crippen molar-refractivity contribution in [3.05, 3.63) is 29.6 Å². The molecule has 1 aromatic rings. The molecule has 0 saturated carbocycles. The van der Waals surface area contributed by atoms with Crippen molar-refractivity contribution in [3.63, 3.8) is 0 Å². The summed E-state index contributed by atoms with van der Waals surface area (Å²) in [6, 6.07) is 3.72. The maximum Gasteiger partial charge on any atom is 0.307 e. The van der Waals surface area contributed by atoms with Gasteiger partial charge in [0.05, 0.1) is 5.92 Å². The molecule has 5 heteroatoms. The largest absolute Gasteiger partial charge is 0.508 e. The molecule has 0 saturated heterocycles. The van der Waals surface area contributed by atoms with Gasteiger partial charge in [0.1, 0.15) is 11.6 Å². The van der Waals surface area contributed by atoms with Gasteiger partial charge in [-0.05, 0) is 25.2 Å². The molecule has 0 fully saturated rings. The van der Waals surface area contributed by atoms with Gasteiger partial charge in [-0.1, -0.05) is 6.92 Å². The van der Waals surface area contributed by atoms with E-state index in [2.05, 4.69) is 0 Å². The first kappa shape index (κ1) is 13.4. The van der Waals surface area contributed by atoms with E-state index in [0.717, 1.165) is 0 Å². The van der Waals surface area contributed by atoms with Crippen molar-refractivity contribution in [3.8, 4) is 5.75 Å². The number of aliphatic carboxylic acids is 1. The summed E-state index contributed by atoms with van der Waals surface area (Å²) in [5.74, 6) is -1.78. The van der Waals surface area contributed by atoms with Crippen LogP contribution in [0.25, 0.3) is 0 Å². The second kappa shape index (κ2) is 5.63. The zero-order valence-corrected chi connectivity index (χ0v) is 9.85. The van der Waals surface area contributed by atoms with E-state index in [1.165, 1.54) is 18.2 Å². The summed E-state index contributed by atoms with van der Waals surface area (Å²) >= 11 is 0. The third kappa shape index (κ3) is 4.03. The Morgan fingerprint density at radius 2 is 2.18 bits per heavy atom. The third-order valence-electron chi connectivity index (χ3n) is 2.49. The fourth-order valence-corrected chi connectivity index (χ4v) is 1.58. The van der Waals surface area contributed by atoms with Crippen molar-refractivity contribution in [2.45, 2.75) is 13.5 Å². The zero-order chi connectivity index (χ0) is 13.0. The number of phenols is 1. The van der Waals surface area contributed by atoms with Crippen LogP contribution in [0, 0.1) is 11.7 Å². The van der Waals surface area contributed by atoms with E-state index >= 15 is 0 Å². The Morgan fingerprint density at radius 3 is 2.76 bits per heavy atom. The Kier molecular flexibility index (Phi) is 4.45. The van der Waals surface area contributed by atoms with Gasteiger partial charge in [0.25, 0.3) is 0 Å². The van der Waals surface area contributed by atoms with E-state index in [0.29, 0.717) is 18.7 Å². The van der Waals surface area contributed by atoms with Crippen LogP contribution in [0.5, 0.6) is 5.75 Å². The zero-order valence-electron chi connectivity index (χ0n) is 9.85. The predicted molar refractivity (Wildman–Crippen MR) is 61.2 cm³/mol. The number of carbonyl (C=O) groups is 1. The Labute approximate surface area is 99.3 Å². The van der Waals surface area contributed by atoms with Gasteiger partial charge in [0.2, 0.25) is 0 Å². The number of phenolic OH excluding ortho intramolecular Hbond substituents is 1. The second-order valence-electron chi connectivity index (χ2n) is 4.21. The van der Waals surface area contributed by atoms with Crippen LogP contribution in [0.15, 0.2) is 18.2 Å². The van der Waals surface area contributed by atoms with Crippen LogP contribution in [0.2, 0.25) is 0 Å². The Hall–Kier alpha value is -1.62. The van der Waals surface area contributed by atoms with Crippen molar-refractivity contribution in [1.82, 2.24) is 4.90 Å². The summed E-state index contributed by atoms with van der Waals surface area (Å²) in [6.07, 6.45) is 0. The van der Waals surface area contributed by atoms with Gasteiger partial charge in [0.15, 0.2) is 0 Å². The Morgan fingerprint density at radius 1 is 1.53 bits per heavy atom.